The van der Waals surface area contributed by atoms with E-state index in [0.29, 0.717) is 17.2 Å². The zero-order valence-electron chi connectivity index (χ0n) is 22.8. The van der Waals surface area contributed by atoms with Gasteiger partial charge in [-0.3, -0.25) is 4.79 Å². The van der Waals surface area contributed by atoms with Crippen LogP contribution in [0.5, 0.6) is 34.5 Å². The molecule has 4 aromatic rings. The number of carboxylic acid groups (broad SMARTS) is 1. The molecule has 0 radical (unpaired) electrons. The fourth-order valence-electron chi connectivity index (χ4n) is 3.72. The highest BCUT2D eigenvalue weighted by molar-refractivity contribution is 14.1. The first kappa shape index (κ1) is 38.3. The number of aliphatic carboxylic acids is 1. The van der Waals surface area contributed by atoms with Gasteiger partial charge in [0.15, 0.2) is 11.5 Å². The van der Waals surface area contributed by atoms with Crippen LogP contribution in [0, 0.1) is 21.4 Å². The Kier molecular flexibility index (Phi) is 15.5. The molecule has 0 aliphatic carbocycles. The molecule has 0 bridgehead atoms. The Labute approximate surface area is 337 Å². The Balaban J connectivity index is 0.000000240. The van der Waals surface area contributed by atoms with Gasteiger partial charge in [-0.15, -0.1) is 0 Å². The second-order valence-corrected chi connectivity index (χ2v) is 16.5. The third-order valence-corrected chi connectivity index (χ3v) is 10.6. The fourth-order valence-corrected chi connectivity index (χ4v) is 9.67. The summed E-state index contributed by atoms with van der Waals surface area (Å²) >= 11 is 13.1. The highest BCUT2D eigenvalue weighted by Crippen LogP contribution is 2.37. The number of phenolic OH excluding ortho intramolecular Hbond substituents is 2. The Bertz CT molecular complexity index is 1570. The SMILES string of the molecule is C[C@@H](N)Cc1cc(I)c(Oc2cc(I)c(O)c(I)c2)c(I)c1.N[C@@H](Cc1cc(I)c(Oc2ccc(O)cc2)c(I)c1)C(=O)O. The van der Waals surface area contributed by atoms with E-state index in [0.717, 1.165) is 44.9 Å². The summed E-state index contributed by atoms with van der Waals surface area (Å²) in [5, 5.41) is 28.0. The maximum atomic E-state index is 10.8. The molecule has 0 amide bonds. The lowest BCUT2D eigenvalue weighted by Gasteiger charge is -2.14. The number of hydrogen-bond acceptors (Lipinski definition) is 7. The zero-order valence-corrected chi connectivity index (χ0v) is 35.8. The minimum Gasteiger partial charge on any atom is -0.508 e. The van der Waals surface area contributed by atoms with E-state index >= 15 is 0 Å². The van der Waals surface area contributed by atoms with Crippen LogP contribution in [0.3, 0.4) is 0 Å². The van der Waals surface area contributed by atoms with Crippen LogP contribution >= 0.6 is 136 Å². The van der Waals surface area contributed by atoms with Gasteiger partial charge < -0.3 is 36.3 Å². The average molecular weight is 1270 g/mol. The number of halogens is 6. The van der Waals surface area contributed by atoms with Gasteiger partial charge in [0.1, 0.15) is 29.0 Å². The molecule has 0 aliphatic rings. The molecule has 234 valence electrons. The molecule has 8 nitrogen and oxygen atoms in total. The van der Waals surface area contributed by atoms with Crippen LogP contribution in [0.25, 0.3) is 0 Å². The van der Waals surface area contributed by atoms with Crippen molar-refractivity contribution in [1.82, 2.24) is 0 Å². The normalized spacial score (nSPS) is 12.1. The highest BCUT2D eigenvalue weighted by atomic mass is 127. The van der Waals surface area contributed by atoms with Crippen molar-refractivity contribution in [1.29, 1.82) is 0 Å². The van der Waals surface area contributed by atoms with Gasteiger partial charge in [-0.2, -0.15) is 0 Å². The van der Waals surface area contributed by atoms with Gasteiger partial charge in [0.05, 0.1) is 21.4 Å². The number of hydrogen-bond donors (Lipinski definition) is 5. The molecule has 0 fully saturated rings. The van der Waals surface area contributed by atoms with Crippen LogP contribution in [0.4, 0.5) is 0 Å². The van der Waals surface area contributed by atoms with E-state index in [1.165, 1.54) is 5.56 Å². The van der Waals surface area contributed by atoms with E-state index < -0.39 is 12.0 Å². The third-order valence-electron chi connectivity index (χ3n) is 5.71. The number of benzene rings is 4. The molecule has 0 saturated carbocycles. The summed E-state index contributed by atoms with van der Waals surface area (Å²) in [6, 6.07) is 17.3. The molecule has 0 unspecified atom stereocenters. The molecule has 44 heavy (non-hydrogen) atoms. The van der Waals surface area contributed by atoms with Gasteiger partial charge in [0.2, 0.25) is 0 Å². The van der Waals surface area contributed by atoms with Crippen LogP contribution in [-0.4, -0.2) is 33.4 Å². The molecule has 4 aromatic carbocycles. The van der Waals surface area contributed by atoms with Gasteiger partial charge in [-0.05, 0) is 227 Å². The topological polar surface area (TPSA) is 148 Å². The van der Waals surface area contributed by atoms with Crippen LogP contribution < -0.4 is 20.9 Å². The molecule has 0 spiro atoms. The van der Waals surface area contributed by atoms with Crippen molar-refractivity contribution >= 4 is 142 Å². The van der Waals surface area contributed by atoms with Crippen LogP contribution in [0.15, 0.2) is 60.7 Å². The number of rotatable bonds is 9. The maximum Gasteiger partial charge on any atom is 0.320 e. The van der Waals surface area contributed by atoms with Crippen LogP contribution in [0.1, 0.15) is 18.1 Å². The summed E-state index contributed by atoms with van der Waals surface area (Å²) < 4.78 is 17.3. The summed E-state index contributed by atoms with van der Waals surface area (Å²) in [5.74, 6) is 2.33. The number of aromatic hydroxyl groups is 2. The van der Waals surface area contributed by atoms with Crippen LogP contribution in [-0.2, 0) is 17.6 Å². The molecular weight excluding hydrogens is 1250 g/mol. The maximum absolute atomic E-state index is 10.8. The van der Waals surface area contributed by atoms with Gasteiger partial charge in [0, 0.05) is 6.04 Å². The molecular formula is C30H26I6N2O6. The minimum atomic E-state index is -1.02. The zero-order chi connectivity index (χ0) is 32.7. The van der Waals surface area contributed by atoms with E-state index in [9.17, 15) is 15.0 Å². The second kappa shape index (κ2) is 17.8. The highest BCUT2D eigenvalue weighted by Gasteiger charge is 2.16. The lowest BCUT2D eigenvalue weighted by molar-refractivity contribution is -0.138. The minimum absolute atomic E-state index is 0.138. The predicted octanol–water partition coefficient (Wildman–Crippen LogP) is 8.84. The smallest absolute Gasteiger partial charge is 0.320 e. The van der Waals surface area contributed by atoms with Crippen molar-refractivity contribution in [3.63, 3.8) is 0 Å². The fraction of sp³-hybridized carbons (Fsp3) is 0.167. The number of nitrogens with two attached hydrogens (primary N) is 2. The van der Waals surface area contributed by atoms with Gasteiger partial charge >= 0.3 is 5.97 Å². The average Bonchev–Trinajstić information content (AvgIpc) is 2.92. The van der Waals surface area contributed by atoms with Crippen LogP contribution in [0.2, 0.25) is 0 Å². The Morgan fingerprint density at radius 3 is 1.50 bits per heavy atom. The van der Waals surface area contributed by atoms with Crippen molar-refractivity contribution < 1.29 is 29.6 Å². The van der Waals surface area contributed by atoms with E-state index in [1.807, 2.05) is 31.2 Å². The second-order valence-electron chi connectivity index (χ2n) is 9.54. The standard InChI is InChI=1S/C15H13I4NO2.C15H13I2NO4/c1-7(20)2-8-3-12(18)15(13(19)4-8)22-9-5-10(16)14(21)11(17)6-9;16-11-5-8(7-13(18)15(20)21)6-12(17)14(11)22-10-3-1-9(19)2-4-10/h3-7,21H,2,20H2,1H3;1-6,13,19H,7,18H2,(H,20,21)/t7-;13-/m10/s1. The van der Waals surface area contributed by atoms with Crippen molar-refractivity contribution in [3.05, 3.63) is 93.2 Å². The quantitative estimate of drug-likeness (QED) is 0.105. The van der Waals surface area contributed by atoms with Crippen molar-refractivity contribution in [2.45, 2.75) is 31.8 Å². The number of carbonyl (C=O) groups is 1. The monoisotopic (exact) mass is 1270 g/mol. The molecule has 0 heterocycles. The van der Waals surface area contributed by atoms with Gasteiger partial charge in [-0.1, -0.05) is 0 Å². The van der Waals surface area contributed by atoms with Gasteiger partial charge in [0.25, 0.3) is 0 Å². The summed E-state index contributed by atoms with van der Waals surface area (Å²) in [7, 11) is 0. The Morgan fingerprint density at radius 1 is 0.682 bits per heavy atom. The third kappa shape index (κ3) is 11.5. The van der Waals surface area contributed by atoms with Crippen molar-refractivity contribution in [3.8, 4) is 34.5 Å². The molecule has 0 aromatic heterocycles. The van der Waals surface area contributed by atoms with Gasteiger partial charge in [-0.25, -0.2) is 0 Å². The summed E-state index contributed by atoms with van der Waals surface area (Å²) in [6.07, 6.45) is 1.11. The van der Waals surface area contributed by atoms with E-state index in [2.05, 4.69) is 148 Å². The summed E-state index contributed by atoms with van der Waals surface area (Å²) in [6.45, 7) is 2.00. The molecule has 14 heteroatoms. The molecule has 2 atom stereocenters. The van der Waals surface area contributed by atoms with E-state index in [4.69, 9.17) is 26.0 Å². The number of ether oxygens (including phenoxy) is 2. The van der Waals surface area contributed by atoms with E-state index in [-0.39, 0.29) is 18.2 Å². The van der Waals surface area contributed by atoms with Crippen molar-refractivity contribution in [2.75, 3.05) is 0 Å². The summed E-state index contributed by atoms with van der Waals surface area (Å²) in [4.78, 5) is 10.8. The molecule has 0 aliphatic heterocycles. The Morgan fingerprint density at radius 2 is 1.09 bits per heavy atom. The largest absolute Gasteiger partial charge is 0.508 e. The molecule has 0 saturated heterocycles. The van der Waals surface area contributed by atoms with Crippen molar-refractivity contribution in [2.24, 2.45) is 11.5 Å². The lowest BCUT2D eigenvalue weighted by atomic mass is 10.1. The predicted molar refractivity (Wildman–Crippen MR) is 222 cm³/mol. The molecule has 4 rings (SSSR count). The first-order valence-corrected chi connectivity index (χ1v) is 19.1. The van der Waals surface area contributed by atoms with E-state index in [1.54, 1.807) is 24.3 Å². The first-order valence-electron chi connectivity index (χ1n) is 12.7. The first-order chi connectivity index (χ1) is 20.6. The number of carboxylic acids is 1. The summed E-state index contributed by atoms with van der Waals surface area (Å²) in [5.41, 5.74) is 13.5. The lowest BCUT2D eigenvalue weighted by Crippen LogP contribution is -2.32. The number of phenols is 2. The molecule has 7 N–H and O–H groups in total. The Hall–Kier alpha value is -0.150.